The predicted molar refractivity (Wildman–Crippen MR) is 93.7 cm³/mol. The first-order chi connectivity index (χ1) is 12.5. The highest BCUT2D eigenvalue weighted by Gasteiger charge is 2.26. The SMILES string of the molecule is CC1CN(C(c2ccc(C(F)F)cc2)c2ccc(C(F)F)cc2)CCN1. The standard InChI is InChI=1S/C20H22F4N2/c1-13-12-26(11-10-25-13)18(14-2-6-16(7-3-14)19(21)22)15-4-8-17(9-5-15)20(23)24/h2-9,13,18-20,25H,10-12H2,1H3. The van der Waals surface area contributed by atoms with Crippen LogP contribution in [-0.2, 0) is 0 Å². The Morgan fingerprint density at radius 3 is 1.62 bits per heavy atom. The number of rotatable bonds is 5. The molecule has 0 aliphatic carbocycles. The minimum atomic E-state index is -2.51. The molecule has 2 aromatic carbocycles. The molecule has 3 rings (SSSR count). The molecule has 0 spiro atoms. The molecule has 26 heavy (non-hydrogen) atoms. The first kappa shape index (κ1) is 18.9. The molecule has 2 nitrogen and oxygen atoms in total. The summed E-state index contributed by atoms with van der Waals surface area (Å²) >= 11 is 0. The van der Waals surface area contributed by atoms with Crippen LogP contribution < -0.4 is 5.32 Å². The second-order valence-electron chi connectivity index (χ2n) is 6.69. The van der Waals surface area contributed by atoms with Gasteiger partial charge in [0.05, 0.1) is 6.04 Å². The van der Waals surface area contributed by atoms with E-state index in [0.29, 0.717) is 6.04 Å². The Hall–Kier alpha value is -1.92. The summed E-state index contributed by atoms with van der Waals surface area (Å²) in [7, 11) is 0. The van der Waals surface area contributed by atoms with Crippen LogP contribution in [0.25, 0.3) is 0 Å². The Labute approximate surface area is 150 Å². The highest BCUT2D eigenvalue weighted by Crippen LogP contribution is 2.32. The van der Waals surface area contributed by atoms with Gasteiger partial charge in [-0.2, -0.15) is 0 Å². The molecule has 0 saturated carbocycles. The molecule has 1 heterocycles. The quantitative estimate of drug-likeness (QED) is 0.754. The van der Waals surface area contributed by atoms with Crippen molar-refractivity contribution in [2.24, 2.45) is 0 Å². The summed E-state index contributed by atoms with van der Waals surface area (Å²) in [5.41, 5.74) is 1.73. The van der Waals surface area contributed by atoms with Gasteiger partial charge in [-0.05, 0) is 18.1 Å². The Bertz CT molecular complexity index is 649. The van der Waals surface area contributed by atoms with Crippen LogP contribution in [-0.4, -0.2) is 30.6 Å². The molecule has 1 fully saturated rings. The highest BCUT2D eigenvalue weighted by atomic mass is 19.3. The molecule has 6 heteroatoms. The fourth-order valence-corrected chi connectivity index (χ4v) is 3.46. The maximum absolute atomic E-state index is 12.9. The van der Waals surface area contributed by atoms with Crippen molar-refractivity contribution in [2.75, 3.05) is 19.6 Å². The van der Waals surface area contributed by atoms with Crippen molar-refractivity contribution in [1.82, 2.24) is 10.2 Å². The van der Waals surface area contributed by atoms with Gasteiger partial charge in [-0.3, -0.25) is 4.90 Å². The van der Waals surface area contributed by atoms with E-state index in [4.69, 9.17) is 0 Å². The number of piperazine rings is 1. The van der Waals surface area contributed by atoms with E-state index in [1.165, 1.54) is 24.3 Å². The van der Waals surface area contributed by atoms with Gasteiger partial charge in [-0.1, -0.05) is 48.5 Å². The van der Waals surface area contributed by atoms with E-state index in [0.717, 1.165) is 30.8 Å². The third-order valence-electron chi connectivity index (χ3n) is 4.77. The predicted octanol–water partition coefficient (Wildman–Crippen LogP) is 4.94. The monoisotopic (exact) mass is 366 g/mol. The second-order valence-corrected chi connectivity index (χ2v) is 6.69. The third kappa shape index (κ3) is 4.24. The summed E-state index contributed by atoms with van der Waals surface area (Å²) < 4.78 is 51.4. The van der Waals surface area contributed by atoms with Crippen molar-refractivity contribution in [3.05, 3.63) is 70.8 Å². The summed E-state index contributed by atoms with van der Waals surface area (Å²) in [6.07, 6.45) is -5.01. The average Bonchev–Trinajstić information content (AvgIpc) is 2.63. The van der Waals surface area contributed by atoms with Crippen molar-refractivity contribution in [3.8, 4) is 0 Å². The zero-order chi connectivity index (χ0) is 18.7. The maximum Gasteiger partial charge on any atom is 0.263 e. The molecular formula is C20H22F4N2. The smallest absolute Gasteiger partial charge is 0.263 e. The number of benzene rings is 2. The van der Waals surface area contributed by atoms with Gasteiger partial charge in [0.2, 0.25) is 0 Å². The molecule has 1 saturated heterocycles. The van der Waals surface area contributed by atoms with E-state index in [-0.39, 0.29) is 17.2 Å². The summed E-state index contributed by atoms with van der Waals surface area (Å²) in [5, 5.41) is 3.38. The first-order valence-corrected chi connectivity index (χ1v) is 8.69. The summed E-state index contributed by atoms with van der Waals surface area (Å²) in [5.74, 6) is 0. The number of nitrogens with one attached hydrogen (secondary N) is 1. The summed E-state index contributed by atoms with van der Waals surface area (Å²) in [4.78, 5) is 2.26. The molecule has 0 bridgehead atoms. The maximum atomic E-state index is 12.9. The van der Waals surface area contributed by atoms with Gasteiger partial charge in [0.1, 0.15) is 0 Å². The van der Waals surface area contributed by atoms with Crippen molar-refractivity contribution < 1.29 is 17.6 Å². The van der Waals surface area contributed by atoms with Crippen molar-refractivity contribution in [1.29, 1.82) is 0 Å². The van der Waals surface area contributed by atoms with Gasteiger partial charge in [0.15, 0.2) is 0 Å². The van der Waals surface area contributed by atoms with E-state index >= 15 is 0 Å². The van der Waals surface area contributed by atoms with Gasteiger partial charge in [0, 0.05) is 36.8 Å². The molecule has 0 radical (unpaired) electrons. The second kappa shape index (κ2) is 8.18. The van der Waals surface area contributed by atoms with Crippen molar-refractivity contribution in [2.45, 2.75) is 31.9 Å². The minimum Gasteiger partial charge on any atom is -0.312 e. The zero-order valence-electron chi connectivity index (χ0n) is 14.5. The van der Waals surface area contributed by atoms with Gasteiger partial charge in [-0.15, -0.1) is 0 Å². The topological polar surface area (TPSA) is 15.3 Å². The Morgan fingerprint density at radius 2 is 1.23 bits per heavy atom. The van der Waals surface area contributed by atoms with Gasteiger partial charge in [-0.25, -0.2) is 17.6 Å². The van der Waals surface area contributed by atoms with E-state index in [1.54, 1.807) is 24.3 Å². The first-order valence-electron chi connectivity index (χ1n) is 8.69. The number of hydrogen-bond acceptors (Lipinski definition) is 2. The van der Waals surface area contributed by atoms with E-state index in [9.17, 15) is 17.6 Å². The highest BCUT2D eigenvalue weighted by molar-refractivity contribution is 5.36. The largest absolute Gasteiger partial charge is 0.312 e. The lowest BCUT2D eigenvalue weighted by Gasteiger charge is -2.38. The minimum absolute atomic E-state index is 0.0192. The van der Waals surface area contributed by atoms with Crippen LogP contribution in [0.4, 0.5) is 17.6 Å². The molecule has 1 aliphatic heterocycles. The zero-order valence-corrected chi connectivity index (χ0v) is 14.5. The number of nitrogens with zero attached hydrogens (tertiary/aromatic N) is 1. The van der Waals surface area contributed by atoms with Crippen LogP contribution in [0.3, 0.4) is 0 Å². The Morgan fingerprint density at radius 1 is 0.808 bits per heavy atom. The molecule has 2 aromatic rings. The fourth-order valence-electron chi connectivity index (χ4n) is 3.46. The van der Waals surface area contributed by atoms with Crippen molar-refractivity contribution in [3.63, 3.8) is 0 Å². The number of hydrogen-bond donors (Lipinski definition) is 1. The molecule has 1 unspecified atom stereocenters. The number of alkyl halides is 4. The lowest BCUT2D eigenvalue weighted by molar-refractivity contribution is 0.151. The van der Waals surface area contributed by atoms with Crippen LogP contribution in [0.2, 0.25) is 0 Å². The Kier molecular flexibility index (Phi) is 5.94. The van der Waals surface area contributed by atoms with Crippen LogP contribution in [0.5, 0.6) is 0 Å². The van der Waals surface area contributed by atoms with E-state index in [1.807, 2.05) is 0 Å². The van der Waals surface area contributed by atoms with Crippen LogP contribution in [0.15, 0.2) is 48.5 Å². The molecular weight excluding hydrogens is 344 g/mol. The average molecular weight is 366 g/mol. The van der Waals surface area contributed by atoms with Gasteiger partial charge in [0.25, 0.3) is 12.9 Å². The molecule has 1 N–H and O–H groups in total. The fraction of sp³-hybridized carbons (Fsp3) is 0.400. The third-order valence-corrected chi connectivity index (χ3v) is 4.77. The van der Waals surface area contributed by atoms with Crippen LogP contribution in [0.1, 0.15) is 48.1 Å². The Balaban J connectivity index is 1.95. The summed E-state index contributed by atoms with van der Waals surface area (Å²) in [6, 6.07) is 12.7. The summed E-state index contributed by atoms with van der Waals surface area (Å²) in [6.45, 7) is 4.49. The molecule has 140 valence electrons. The van der Waals surface area contributed by atoms with E-state index in [2.05, 4.69) is 17.1 Å². The van der Waals surface area contributed by atoms with E-state index < -0.39 is 12.9 Å². The lowest BCUT2D eigenvalue weighted by Crippen LogP contribution is -2.50. The molecule has 1 atom stereocenters. The van der Waals surface area contributed by atoms with Crippen LogP contribution in [0, 0.1) is 0 Å². The van der Waals surface area contributed by atoms with Crippen LogP contribution >= 0.6 is 0 Å². The molecule has 0 aromatic heterocycles. The molecule has 0 amide bonds. The van der Waals surface area contributed by atoms with Gasteiger partial charge < -0.3 is 5.32 Å². The van der Waals surface area contributed by atoms with Crippen molar-refractivity contribution >= 4 is 0 Å². The number of halogens is 4. The lowest BCUT2D eigenvalue weighted by atomic mass is 9.94. The normalized spacial score (nSPS) is 18.8. The van der Waals surface area contributed by atoms with Gasteiger partial charge >= 0.3 is 0 Å². The molecule has 1 aliphatic rings.